The minimum absolute atomic E-state index is 0.0555. The van der Waals surface area contributed by atoms with Crippen LogP contribution in [0.1, 0.15) is 31.9 Å². The van der Waals surface area contributed by atoms with Gasteiger partial charge in [-0.1, -0.05) is 44.2 Å². The molecule has 0 radical (unpaired) electrons. The lowest BCUT2D eigenvalue weighted by atomic mass is 9.88. The molecule has 0 aromatic heterocycles. The molecule has 18 heavy (non-hydrogen) atoms. The number of nitrogens with two attached hydrogens (primary N) is 1. The average molecular weight is 246 g/mol. The van der Waals surface area contributed by atoms with Gasteiger partial charge >= 0.3 is 0 Å². The molecular weight excluding hydrogens is 224 g/mol. The molecule has 1 amide bonds. The fourth-order valence-corrected chi connectivity index (χ4v) is 2.46. The van der Waals surface area contributed by atoms with Crippen molar-refractivity contribution < 1.29 is 4.79 Å². The van der Waals surface area contributed by atoms with Crippen molar-refractivity contribution in [1.82, 2.24) is 4.90 Å². The van der Waals surface area contributed by atoms with Crippen LogP contribution in [0.25, 0.3) is 0 Å². The molecule has 3 nitrogen and oxygen atoms in total. The minimum Gasteiger partial charge on any atom is -0.341 e. The molecule has 0 unspecified atom stereocenters. The van der Waals surface area contributed by atoms with E-state index in [1.807, 2.05) is 35.2 Å². The summed E-state index contributed by atoms with van der Waals surface area (Å²) in [6.07, 6.45) is 1.08. The maximum absolute atomic E-state index is 12.4. The molecule has 1 saturated heterocycles. The summed E-state index contributed by atoms with van der Waals surface area (Å²) < 4.78 is 0. The molecule has 2 N–H and O–H groups in total. The van der Waals surface area contributed by atoms with E-state index in [1.54, 1.807) is 0 Å². The normalized spacial score (nSPS) is 25.8. The van der Waals surface area contributed by atoms with Crippen LogP contribution < -0.4 is 5.73 Å². The van der Waals surface area contributed by atoms with Crippen molar-refractivity contribution in [2.45, 2.75) is 26.3 Å². The molecule has 0 bridgehead atoms. The number of rotatable bonds is 2. The van der Waals surface area contributed by atoms with Gasteiger partial charge in [0.2, 0.25) is 5.91 Å². The average Bonchev–Trinajstić information content (AvgIpc) is 2.41. The van der Waals surface area contributed by atoms with Crippen LogP contribution in [0.4, 0.5) is 0 Å². The summed E-state index contributed by atoms with van der Waals surface area (Å²) in [5.74, 6) is 1.31. The van der Waals surface area contributed by atoms with E-state index in [1.165, 1.54) is 0 Å². The number of hydrogen-bond acceptors (Lipinski definition) is 2. The van der Waals surface area contributed by atoms with Crippen LogP contribution in [0.15, 0.2) is 30.3 Å². The van der Waals surface area contributed by atoms with E-state index in [0.29, 0.717) is 11.8 Å². The first kappa shape index (κ1) is 13.1. The molecule has 0 spiro atoms. The maximum atomic E-state index is 12.4. The van der Waals surface area contributed by atoms with Gasteiger partial charge in [-0.25, -0.2) is 0 Å². The molecule has 1 fully saturated rings. The fraction of sp³-hybridized carbons (Fsp3) is 0.533. The quantitative estimate of drug-likeness (QED) is 0.869. The van der Waals surface area contributed by atoms with Crippen molar-refractivity contribution >= 4 is 5.91 Å². The monoisotopic (exact) mass is 246 g/mol. The Labute approximate surface area is 109 Å². The number of amides is 1. The summed E-state index contributed by atoms with van der Waals surface area (Å²) in [6, 6.07) is 9.08. The van der Waals surface area contributed by atoms with Gasteiger partial charge in [-0.2, -0.15) is 0 Å². The lowest BCUT2D eigenvalue weighted by molar-refractivity contribution is -0.135. The van der Waals surface area contributed by atoms with E-state index >= 15 is 0 Å². The molecule has 1 aliphatic heterocycles. The van der Waals surface area contributed by atoms with E-state index in [2.05, 4.69) is 13.8 Å². The predicted molar refractivity (Wildman–Crippen MR) is 72.9 cm³/mol. The Morgan fingerprint density at radius 1 is 1.28 bits per heavy atom. The third-order valence-corrected chi connectivity index (χ3v) is 4.07. The summed E-state index contributed by atoms with van der Waals surface area (Å²) in [4.78, 5) is 14.3. The smallest absolute Gasteiger partial charge is 0.244 e. The molecule has 3 heteroatoms. The Morgan fingerprint density at radius 2 is 1.94 bits per heavy atom. The number of piperidine rings is 1. The lowest BCUT2D eigenvalue weighted by Gasteiger charge is -2.36. The Morgan fingerprint density at radius 3 is 2.56 bits per heavy atom. The van der Waals surface area contributed by atoms with Crippen LogP contribution in [0.3, 0.4) is 0 Å². The Kier molecular flexibility index (Phi) is 4.02. The number of likely N-dealkylation sites (tertiary alicyclic amines) is 1. The SMILES string of the molecule is C[C@@H]1CCN(C(=O)[C@H](N)c2ccccc2)C[C@@H]1C. The van der Waals surface area contributed by atoms with Gasteiger partial charge in [0.1, 0.15) is 6.04 Å². The summed E-state index contributed by atoms with van der Waals surface area (Å²) in [6.45, 7) is 6.13. The van der Waals surface area contributed by atoms with Gasteiger partial charge in [0, 0.05) is 13.1 Å². The van der Waals surface area contributed by atoms with Crippen molar-refractivity contribution in [3.8, 4) is 0 Å². The molecular formula is C15H22N2O. The van der Waals surface area contributed by atoms with Gasteiger partial charge in [-0.05, 0) is 23.8 Å². The zero-order valence-electron chi connectivity index (χ0n) is 11.2. The van der Waals surface area contributed by atoms with E-state index in [-0.39, 0.29) is 5.91 Å². The molecule has 1 aromatic rings. The second-order valence-electron chi connectivity index (χ2n) is 5.42. The Balaban J connectivity index is 2.03. The van der Waals surface area contributed by atoms with Crippen molar-refractivity contribution in [3.63, 3.8) is 0 Å². The summed E-state index contributed by atoms with van der Waals surface area (Å²) in [5.41, 5.74) is 6.96. The summed E-state index contributed by atoms with van der Waals surface area (Å²) in [7, 11) is 0. The standard InChI is InChI=1S/C15H22N2O/c1-11-8-9-17(10-12(11)2)15(18)14(16)13-6-4-3-5-7-13/h3-7,11-12,14H,8-10,16H2,1-2H3/t11-,12+,14-/m1/s1. The maximum Gasteiger partial charge on any atom is 0.244 e. The van der Waals surface area contributed by atoms with Crippen LogP contribution >= 0.6 is 0 Å². The van der Waals surface area contributed by atoms with Crippen molar-refractivity contribution in [2.24, 2.45) is 17.6 Å². The largest absolute Gasteiger partial charge is 0.341 e. The highest BCUT2D eigenvalue weighted by Gasteiger charge is 2.29. The third-order valence-electron chi connectivity index (χ3n) is 4.07. The van der Waals surface area contributed by atoms with Crippen molar-refractivity contribution in [2.75, 3.05) is 13.1 Å². The van der Waals surface area contributed by atoms with Gasteiger partial charge in [0.15, 0.2) is 0 Å². The number of carbonyl (C=O) groups excluding carboxylic acids is 1. The summed E-state index contributed by atoms with van der Waals surface area (Å²) >= 11 is 0. The van der Waals surface area contributed by atoms with Gasteiger partial charge < -0.3 is 10.6 Å². The van der Waals surface area contributed by atoms with Crippen LogP contribution in [-0.4, -0.2) is 23.9 Å². The molecule has 0 saturated carbocycles. The molecule has 98 valence electrons. The number of hydrogen-bond donors (Lipinski definition) is 1. The van der Waals surface area contributed by atoms with E-state index < -0.39 is 6.04 Å². The summed E-state index contributed by atoms with van der Waals surface area (Å²) in [5, 5.41) is 0. The first-order chi connectivity index (χ1) is 8.59. The van der Waals surface area contributed by atoms with E-state index in [9.17, 15) is 4.79 Å². The zero-order valence-corrected chi connectivity index (χ0v) is 11.2. The van der Waals surface area contributed by atoms with Crippen molar-refractivity contribution in [3.05, 3.63) is 35.9 Å². The number of nitrogens with zero attached hydrogens (tertiary/aromatic N) is 1. The van der Waals surface area contributed by atoms with E-state index in [4.69, 9.17) is 5.73 Å². The zero-order chi connectivity index (χ0) is 13.1. The molecule has 1 aromatic carbocycles. The third kappa shape index (κ3) is 2.72. The second-order valence-corrected chi connectivity index (χ2v) is 5.42. The van der Waals surface area contributed by atoms with Crippen LogP contribution in [0.2, 0.25) is 0 Å². The second kappa shape index (κ2) is 5.53. The lowest BCUT2D eigenvalue weighted by Crippen LogP contribution is -2.46. The van der Waals surface area contributed by atoms with Gasteiger partial charge in [0.25, 0.3) is 0 Å². The Bertz CT molecular complexity index is 404. The highest BCUT2D eigenvalue weighted by Crippen LogP contribution is 2.24. The van der Waals surface area contributed by atoms with Crippen LogP contribution in [0, 0.1) is 11.8 Å². The molecule has 3 atom stereocenters. The highest BCUT2D eigenvalue weighted by molar-refractivity contribution is 5.83. The topological polar surface area (TPSA) is 46.3 Å². The number of carbonyl (C=O) groups is 1. The molecule has 1 heterocycles. The number of benzene rings is 1. The minimum atomic E-state index is -0.521. The van der Waals surface area contributed by atoms with Gasteiger partial charge in [0.05, 0.1) is 0 Å². The fourth-order valence-electron chi connectivity index (χ4n) is 2.46. The van der Waals surface area contributed by atoms with Gasteiger partial charge in [-0.15, -0.1) is 0 Å². The molecule has 1 aliphatic rings. The van der Waals surface area contributed by atoms with Crippen LogP contribution in [0.5, 0.6) is 0 Å². The first-order valence-electron chi connectivity index (χ1n) is 6.69. The highest BCUT2D eigenvalue weighted by atomic mass is 16.2. The first-order valence-corrected chi connectivity index (χ1v) is 6.69. The molecule has 0 aliphatic carbocycles. The Hall–Kier alpha value is -1.35. The van der Waals surface area contributed by atoms with E-state index in [0.717, 1.165) is 25.1 Å². The van der Waals surface area contributed by atoms with Gasteiger partial charge in [-0.3, -0.25) is 4.79 Å². The van der Waals surface area contributed by atoms with Crippen molar-refractivity contribution in [1.29, 1.82) is 0 Å². The van der Waals surface area contributed by atoms with Crippen LogP contribution in [-0.2, 0) is 4.79 Å². The molecule has 2 rings (SSSR count). The predicted octanol–water partition coefficient (Wildman–Crippen LogP) is 2.19.